The van der Waals surface area contributed by atoms with Crippen LogP contribution in [0.2, 0.25) is 0 Å². The summed E-state index contributed by atoms with van der Waals surface area (Å²) < 4.78 is 31.9. The zero-order chi connectivity index (χ0) is 14.5. The SMILES string of the molecule is N#Cc1ccc(COc2ccc(F)cc2C=O)c(F)c1. The molecule has 0 saturated carbocycles. The van der Waals surface area contributed by atoms with Crippen molar-refractivity contribution in [2.75, 3.05) is 0 Å². The largest absolute Gasteiger partial charge is 0.488 e. The van der Waals surface area contributed by atoms with Gasteiger partial charge in [-0.1, -0.05) is 6.07 Å². The highest BCUT2D eigenvalue weighted by Gasteiger charge is 2.08. The number of rotatable bonds is 4. The minimum absolute atomic E-state index is 0.0547. The number of carbonyl (C=O) groups is 1. The number of ether oxygens (including phenoxy) is 1. The molecule has 0 aliphatic heterocycles. The third kappa shape index (κ3) is 2.98. The van der Waals surface area contributed by atoms with Gasteiger partial charge in [-0.15, -0.1) is 0 Å². The topological polar surface area (TPSA) is 50.1 Å². The maximum atomic E-state index is 13.6. The van der Waals surface area contributed by atoms with Crippen molar-refractivity contribution in [3.05, 3.63) is 64.7 Å². The molecule has 0 saturated heterocycles. The van der Waals surface area contributed by atoms with E-state index in [-0.39, 0.29) is 29.0 Å². The lowest BCUT2D eigenvalue weighted by Gasteiger charge is -2.09. The van der Waals surface area contributed by atoms with Crippen molar-refractivity contribution in [2.45, 2.75) is 6.61 Å². The zero-order valence-electron chi connectivity index (χ0n) is 10.3. The van der Waals surface area contributed by atoms with Crippen LogP contribution in [0.5, 0.6) is 5.75 Å². The lowest BCUT2D eigenvalue weighted by Crippen LogP contribution is -2.01. The molecule has 3 nitrogen and oxygen atoms in total. The Bertz CT molecular complexity index is 693. The summed E-state index contributed by atoms with van der Waals surface area (Å²) in [5, 5.41) is 8.63. The van der Waals surface area contributed by atoms with E-state index in [1.165, 1.54) is 18.2 Å². The number of halogens is 2. The van der Waals surface area contributed by atoms with Crippen molar-refractivity contribution in [3.63, 3.8) is 0 Å². The molecule has 5 heteroatoms. The average Bonchev–Trinajstić information content (AvgIpc) is 2.46. The summed E-state index contributed by atoms with van der Waals surface area (Å²) in [4.78, 5) is 10.8. The molecule has 0 aliphatic carbocycles. The first kappa shape index (κ1) is 13.7. The van der Waals surface area contributed by atoms with Crippen LogP contribution in [0.15, 0.2) is 36.4 Å². The van der Waals surface area contributed by atoms with Gasteiger partial charge in [0.05, 0.1) is 17.2 Å². The third-order valence-corrected chi connectivity index (χ3v) is 2.66. The minimum atomic E-state index is -0.571. The van der Waals surface area contributed by atoms with Crippen LogP contribution < -0.4 is 4.74 Å². The van der Waals surface area contributed by atoms with Crippen molar-refractivity contribution in [1.29, 1.82) is 5.26 Å². The van der Waals surface area contributed by atoms with Crippen molar-refractivity contribution >= 4 is 6.29 Å². The number of carbonyl (C=O) groups excluding carboxylic acids is 1. The molecule has 0 amide bonds. The molecule has 2 aromatic carbocycles. The van der Waals surface area contributed by atoms with Gasteiger partial charge in [0.1, 0.15) is 24.0 Å². The van der Waals surface area contributed by atoms with Gasteiger partial charge in [0, 0.05) is 5.56 Å². The number of hydrogen-bond donors (Lipinski definition) is 0. The van der Waals surface area contributed by atoms with E-state index >= 15 is 0 Å². The van der Waals surface area contributed by atoms with E-state index < -0.39 is 11.6 Å². The van der Waals surface area contributed by atoms with E-state index in [0.29, 0.717) is 6.29 Å². The van der Waals surface area contributed by atoms with Gasteiger partial charge in [-0.05, 0) is 30.3 Å². The maximum Gasteiger partial charge on any atom is 0.153 e. The fourth-order valence-electron chi connectivity index (χ4n) is 1.63. The molecule has 0 atom stereocenters. The van der Waals surface area contributed by atoms with E-state index in [2.05, 4.69) is 0 Å². The summed E-state index contributed by atoms with van der Waals surface area (Å²) >= 11 is 0. The summed E-state index contributed by atoms with van der Waals surface area (Å²) in [5.74, 6) is -0.951. The molecule has 0 heterocycles. The van der Waals surface area contributed by atoms with Crippen LogP contribution in [0.25, 0.3) is 0 Å². The molecule has 0 aromatic heterocycles. The Morgan fingerprint density at radius 1 is 1.20 bits per heavy atom. The Balaban J connectivity index is 2.17. The van der Waals surface area contributed by atoms with Crippen LogP contribution in [0.1, 0.15) is 21.5 Å². The van der Waals surface area contributed by atoms with Crippen molar-refractivity contribution < 1.29 is 18.3 Å². The van der Waals surface area contributed by atoms with E-state index in [4.69, 9.17) is 10.00 Å². The molecule has 100 valence electrons. The smallest absolute Gasteiger partial charge is 0.153 e. The molecule has 0 fully saturated rings. The number of nitriles is 1. The first-order valence-electron chi connectivity index (χ1n) is 5.70. The molecule has 2 aromatic rings. The van der Waals surface area contributed by atoms with E-state index in [1.807, 2.05) is 6.07 Å². The number of aldehydes is 1. The highest BCUT2D eigenvalue weighted by molar-refractivity contribution is 5.79. The Kier molecular flexibility index (Phi) is 4.06. The van der Waals surface area contributed by atoms with Gasteiger partial charge in [-0.25, -0.2) is 8.78 Å². The second kappa shape index (κ2) is 5.93. The van der Waals surface area contributed by atoms with Crippen LogP contribution in [-0.2, 0) is 6.61 Å². The number of benzene rings is 2. The van der Waals surface area contributed by atoms with Crippen molar-refractivity contribution in [1.82, 2.24) is 0 Å². The Morgan fingerprint density at radius 2 is 2.00 bits per heavy atom. The second-order valence-electron chi connectivity index (χ2n) is 4.01. The predicted molar refractivity (Wildman–Crippen MR) is 67.2 cm³/mol. The summed E-state index contributed by atoms with van der Waals surface area (Å²) in [6.45, 7) is -0.121. The van der Waals surface area contributed by atoms with Gasteiger partial charge in [-0.2, -0.15) is 5.26 Å². The van der Waals surface area contributed by atoms with Gasteiger partial charge >= 0.3 is 0 Å². The quantitative estimate of drug-likeness (QED) is 0.803. The Hall–Kier alpha value is -2.74. The molecule has 0 N–H and O–H groups in total. The van der Waals surface area contributed by atoms with Crippen LogP contribution in [-0.4, -0.2) is 6.29 Å². The fourth-order valence-corrected chi connectivity index (χ4v) is 1.63. The number of nitrogens with zero attached hydrogens (tertiary/aromatic N) is 1. The monoisotopic (exact) mass is 273 g/mol. The zero-order valence-corrected chi connectivity index (χ0v) is 10.3. The summed E-state index contributed by atoms with van der Waals surface area (Å²) in [5.41, 5.74) is 0.505. The van der Waals surface area contributed by atoms with E-state index in [0.717, 1.165) is 18.2 Å². The molecule has 0 radical (unpaired) electrons. The summed E-state index contributed by atoms with van der Waals surface area (Å²) in [7, 11) is 0. The normalized spacial score (nSPS) is 9.85. The Morgan fingerprint density at radius 3 is 2.65 bits per heavy atom. The first-order chi connectivity index (χ1) is 9.63. The standard InChI is InChI=1S/C15H9F2NO2/c16-13-3-4-15(12(6-13)8-19)20-9-11-2-1-10(7-18)5-14(11)17/h1-6,8H,9H2. The van der Waals surface area contributed by atoms with Crippen LogP contribution in [0.4, 0.5) is 8.78 Å². The molecule has 0 bridgehead atoms. The van der Waals surface area contributed by atoms with Crippen LogP contribution >= 0.6 is 0 Å². The fraction of sp³-hybridized carbons (Fsp3) is 0.0667. The van der Waals surface area contributed by atoms with Crippen LogP contribution in [0, 0.1) is 23.0 Å². The van der Waals surface area contributed by atoms with E-state index in [9.17, 15) is 13.6 Å². The minimum Gasteiger partial charge on any atom is -0.488 e. The Labute approximate surface area is 114 Å². The summed E-state index contributed by atoms with van der Waals surface area (Å²) in [6, 6.07) is 9.32. The number of hydrogen-bond acceptors (Lipinski definition) is 3. The third-order valence-electron chi connectivity index (χ3n) is 2.66. The van der Waals surface area contributed by atoms with Gasteiger partial charge in [0.2, 0.25) is 0 Å². The van der Waals surface area contributed by atoms with Crippen molar-refractivity contribution in [2.24, 2.45) is 0 Å². The molecule has 0 spiro atoms. The first-order valence-corrected chi connectivity index (χ1v) is 5.70. The molecule has 0 aliphatic rings. The highest BCUT2D eigenvalue weighted by Crippen LogP contribution is 2.20. The van der Waals surface area contributed by atoms with Gasteiger partial charge in [0.15, 0.2) is 6.29 Å². The predicted octanol–water partition coefficient (Wildman–Crippen LogP) is 3.23. The van der Waals surface area contributed by atoms with Crippen molar-refractivity contribution in [3.8, 4) is 11.8 Å². The lowest BCUT2D eigenvalue weighted by atomic mass is 10.1. The molecule has 2 rings (SSSR count). The van der Waals surface area contributed by atoms with E-state index in [1.54, 1.807) is 0 Å². The van der Waals surface area contributed by atoms with Crippen LogP contribution in [0.3, 0.4) is 0 Å². The van der Waals surface area contributed by atoms with Gasteiger partial charge in [-0.3, -0.25) is 4.79 Å². The molecule has 20 heavy (non-hydrogen) atoms. The molecule has 0 unspecified atom stereocenters. The highest BCUT2D eigenvalue weighted by atomic mass is 19.1. The average molecular weight is 273 g/mol. The van der Waals surface area contributed by atoms with Gasteiger partial charge < -0.3 is 4.74 Å². The summed E-state index contributed by atoms with van der Waals surface area (Å²) in [6.07, 6.45) is 0.466. The molecular weight excluding hydrogens is 264 g/mol. The maximum absolute atomic E-state index is 13.6. The molecular formula is C15H9F2NO2. The van der Waals surface area contributed by atoms with Gasteiger partial charge in [0.25, 0.3) is 0 Å². The lowest BCUT2D eigenvalue weighted by molar-refractivity contribution is 0.111. The second-order valence-corrected chi connectivity index (χ2v) is 4.01.